The molecule has 1 aliphatic heterocycles. The molecular weight excluding hydrogens is 1030 g/mol. The molecule has 0 aromatic carbocycles. The molecule has 0 bridgehead atoms. The smallest absolute Gasteiger partial charge is 0.328 e. The van der Waals surface area contributed by atoms with Crippen molar-refractivity contribution in [1.82, 2.24) is 74.0 Å². The fraction of sp³-hybridized carbons (Fsp3) is 0.651. The molecule has 34 heteroatoms. The molecule has 1 heterocycles. The predicted octanol–water partition coefficient (Wildman–Crippen LogP) is -11.9. The van der Waals surface area contributed by atoms with Crippen LogP contribution < -0.4 is 74.9 Å². The number of nitrogens with two attached hydrogens (primary N) is 1. The van der Waals surface area contributed by atoms with Crippen LogP contribution in [-0.2, 0) is 71.9 Å². The van der Waals surface area contributed by atoms with Crippen LogP contribution in [0.15, 0.2) is 0 Å². The van der Waals surface area contributed by atoms with Crippen LogP contribution in [0, 0.1) is 11.8 Å². The van der Waals surface area contributed by atoms with Gasteiger partial charge in [-0.05, 0) is 31.1 Å². The number of likely N-dealkylation sites (tertiary alicyclic amines) is 1. The SMILES string of the molecule is CC(C)C[C@H](NC(=O)[C@H](CO)NC(=O)CNC(=O)CNC(=O)CNC(=O)CN)C(=O)N[C@H](C(=O)N1CCC[C@H]1C(=O)NCC(=O)N[C@@H](CO)C(=O)NCC(=O)NCC(=O)NCC(=O)NCC(=O)N[C@@H](CO)C(=O)O)C(C)C. The van der Waals surface area contributed by atoms with Gasteiger partial charge in [0.15, 0.2) is 0 Å². The average molecular weight is 1100 g/mol. The number of aliphatic carboxylic acids is 1. The number of carboxylic acid groups (broad SMARTS) is 1. The van der Waals surface area contributed by atoms with Crippen LogP contribution in [0.4, 0.5) is 0 Å². The standard InChI is InChI=1S/C43H71N15O19/c1-21(2)8-23(56-40(73)25(19-60)54-34(68)15-49-31(65)12-46-29(63)10-45-28(62)9-44)39(72)57-37(22(3)4)42(75)58-7-5-6-27(58)41(74)52-17-36(70)53-24(18-59)38(71)51-14-33(67)48-11-30(64)47-13-32(66)50-16-35(69)55-26(20-61)43(76)77/h21-27,37,59-61H,5-20,44H2,1-4H3,(H,45,62)(H,46,63)(H,47,64)(H,48,67)(H,49,65)(H,50,66)(H,51,71)(H,52,74)(H,53,70)(H,54,68)(H,55,69)(H,56,73)(H,57,72)(H,76,77)/t23-,24-,25-,26-,27-,37-/m0/s1. The van der Waals surface area contributed by atoms with Crippen molar-refractivity contribution in [3.63, 3.8) is 0 Å². The summed E-state index contributed by atoms with van der Waals surface area (Å²) in [7, 11) is 0. The van der Waals surface area contributed by atoms with Crippen LogP contribution in [0.25, 0.3) is 0 Å². The molecule has 0 aromatic rings. The van der Waals surface area contributed by atoms with E-state index in [0.717, 1.165) is 0 Å². The van der Waals surface area contributed by atoms with E-state index in [-0.39, 0.29) is 31.8 Å². The minimum atomic E-state index is -1.62. The molecule has 1 fully saturated rings. The zero-order valence-electron chi connectivity index (χ0n) is 42.9. The highest BCUT2D eigenvalue weighted by molar-refractivity contribution is 5.98. The van der Waals surface area contributed by atoms with Crippen molar-refractivity contribution < 1.29 is 92.3 Å². The number of nitrogens with one attached hydrogen (secondary N) is 13. The van der Waals surface area contributed by atoms with Crippen LogP contribution in [-0.4, -0.2) is 236 Å². The second kappa shape index (κ2) is 35.2. The second-order valence-electron chi connectivity index (χ2n) is 17.7. The van der Waals surface area contributed by atoms with Gasteiger partial charge in [0.05, 0.1) is 78.7 Å². The van der Waals surface area contributed by atoms with E-state index in [1.807, 2.05) is 5.32 Å². The molecule has 0 saturated carbocycles. The Hall–Kier alpha value is -8.11. The fourth-order valence-corrected chi connectivity index (χ4v) is 6.57. The number of carboxylic acids is 1. The summed E-state index contributed by atoms with van der Waals surface area (Å²) in [5.41, 5.74) is 5.13. The maximum Gasteiger partial charge on any atom is 0.328 e. The summed E-state index contributed by atoms with van der Waals surface area (Å²) in [6.07, 6.45) is 0.529. The van der Waals surface area contributed by atoms with Gasteiger partial charge in [-0.2, -0.15) is 0 Å². The average Bonchev–Trinajstić information content (AvgIpc) is 3.89. The van der Waals surface area contributed by atoms with E-state index in [2.05, 4.69) is 63.8 Å². The minimum absolute atomic E-state index is 0.0266. The number of rotatable bonds is 34. The van der Waals surface area contributed by atoms with Gasteiger partial charge >= 0.3 is 5.97 Å². The number of nitrogens with zero attached hydrogens (tertiary/aromatic N) is 1. The first-order valence-corrected chi connectivity index (χ1v) is 24.0. The highest BCUT2D eigenvalue weighted by Gasteiger charge is 2.40. The molecule has 0 aromatic heterocycles. The summed E-state index contributed by atoms with van der Waals surface area (Å²) < 4.78 is 0. The number of aliphatic hydroxyl groups excluding tert-OH is 3. The Labute approximate surface area is 440 Å². The highest BCUT2D eigenvalue weighted by Crippen LogP contribution is 2.21. The Balaban J connectivity index is 2.73. The topological polar surface area (TPSA) is 523 Å². The third-order valence-electron chi connectivity index (χ3n) is 10.6. The lowest BCUT2D eigenvalue weighted by atomic mass is 9.99. The molecule has 34 nitrogen and oxygen atoms in total. The first kappa shape index (κ1) is 66.9. The molecule has 6 atom stereocenters. The van der Waals surface area contributed by atoms with Gasteiger partial charge in [-0.15, -0.1) is 0 Å². The fourth-order valence-electron chi connectivity index (χ4n) is 6.57. The Morgan fingerprint density at radius 3 is 1.25 bits per heavy atom. The van der Waals surface area contributed by atoms with E-state index in [9.17, 15) is 82.1 Å². The molecule has 0 spiro atoms. The van der Waals surface area contributed by atoms with Gasteiger partial charge in [-0.1, -0.05) is 27.7 Å². The summed E-state index contributed by atoms with van der Waals surface area (Å²) in [6, 6.07) is -8.48. The van der Waals surface area contributed by atoms with Crippen molar-refractivity contribution in [2.45, 2.75) is 83.2 Å². The van der Waals surface area contributed by atoms with Gasteiger partial charge < -0.3 is 100 Å². The Morgan fingerprint density at radius 2 is 0.844 bits per heavy atom. The third-order valence-corrected chi connectivity index (χ3v) is 10.6. The zero-order chi connectivity index (χ0) is 58.4. The number of carbonyl (C=O) groups excluding carboxylic acids is 14. The van der Waals surface area contributed by atoms with Crippen molar-refractivity contribution in [2.75, 3.05) is 85.3 Å². The van der Waals surface area contributed by atoms with Gasteiger partial charge in [0.2, 0.25) is 82.7 Å². The van der Waals surface area contributed by atoms with E-state index in [0.29, 0.717) is 6.42 Å². The predicted molar refractivity (Wildman–Crippen MR) is 261 cm³/mol. The minimum Gasteiger partial charge on any atom is -0.480 e. The molecule has 1 aliphatic rings. The Kier molecular flexibility index (Phi) is 30.6. The Bertz CT molecular complexity index is 2150. The summed E-state index contributed by atoms with van der Waals surface area (Å²) in [4.78, 5) is 187. The summed E-state index contributed by atoms with van der Waals surface area (Å²) in [5.74, 6) is -14.2. The molecule has 0 radical (unpaired) electrons. The van der Waals surface area contributed by atoms with Gasteiger partial charge in [-0.25, -0.2) is 4.79 Å². The number of hydrogen-bond donors (Lipinski definition) is 18. The van der Waals surface area contributed by atoms with Crippen LogP contribution in [0.3, 0.4) is 0 Å². The van der Waals surface area contributed by atoms with E-state index >= 15 is 0 Å². The lowest BCUT2D eigenvalue weighted by Gasteiger charge is -2.32. The zero-order valence-corrected chi connectivity index (χ0v) is 42.9. The highest BCUT2D eigenvalue weighted by atomic mass is 16.4. The first-order valence-electron chi connectivity index (χ1n) is 24.0. The van der Waals surface area contributed by atoms with Crippen LogP contribution >= 0.6 is 0 Å². The quantitative estimate of drug-likeness (QED) is 0.0284. The molecule has 1 saturated heterocycles. The number of hydrogen-bond acceptors (Lipinski definition) is 19. The van der Waals surface area contributed by atoms with Crippen molar-refractivity contribution in [3.8, 4) is 0 Å². The normalized spacial score (nSPS) is 14.6. The molecule has 14 amide bonds. The van der Waals surface area contributed by atoms with Crippen molar-refractivity contribution in [2.24, 2.45) is 17.6 Å². The maximum absolute atomic E-state index is 14.0. The van der Waals surface area contributed by atoms with Crippen LogP contribution in [0.1, 0.15) is 47.0 Å². The van der Waals surface area contributed by atoms with Gasteiger partial charge in [0, 0.05) is 6.54 Å². The van der Waals surface area contributed by atoms with Gasteiger partial charge in [0.25, 0.3) is 0 Å². The number of aliphatic hydroxyl groups is 3. The van der Waals surface area contributed by atoms with E-state index < -0.39 is 203 Å². The molecule has 1 rings (SSSR count). The number of carbonyl (C=O) groups is 15. The van der Waals surface area contributed by atoms with Crippen molar-refractivity contribution >= 4 is 88.7 Å². The molecule has 0 aliphatic carbocycles. The third kappa shape index (κ3) is 26.3. The first-order chi connectivity index (χ1) is 36.3. The molecular formula is C43H71N15O19. The molecule has 432 valence electrons. The van der Waals surface area contributed by atoms with E-state index in [1.54, 1.807) is 27.7 Å². The van der Waals surface area contributed by atoms with Gasteiger partial charge in [-0.3, -0.25) is 67.1 Å². The van der Waals surface area contributed by atoms with Gasteiger partial charge in [0.1, 0.15) is 36.3 Å². The maximum atomic E-state index is 14.0. The number of amides is 14. The summed E-state index contributed by atoms with van der Waals surface area (Å²) in [5, 5.41) is 66.4. The van der Waals surface area contributed by atoms with E-state index in [1.165, 1.54) is 4.90 Å². The summed E-state index contributed by atoms with van der Waals surface area (Å²) >= 11 is 0. The molecule has 19 N–H and O–H groups in total. The van der Waals surface area contributed by atoms with E-state index in [4.69, 9.17) is 15.9 Å². The monoisotopic (exact) mass is 1100 g/mol. The Morgan fingerprint density at radius 1 is 0.468 bits per heavy atom. The van der Waals surface area contributed by atoms with Crippen LogP contribution in [0.5, 0.6) is 0 Å². The largest absolute Gasteiger partial charge is 0.480 e. The second-order valence-corrected chi connectivity index (χ2v) is 17.7. The molecule has 77 heavy (non-hydrogen) atoms. The summed E-state index contributed by atoms with van der Waals surface area (Å²) in [6.45, 7) is -1.52. The van der Waals surface area contributed by atoms with Crippen molar-refractivity contribution in [1.29, 1.82) is 0 Å². The van der Waals surface area contributed by atoms with Crippen molar-refractivity contribution in [3.05, 3.63) is 0 Å². The lowest BCUT2D eigenvalue weighted by molar-refractivity contribution is -0.143. The molecule has 0 unspecified atom stereocenters. The van der Waals surface area contributed by atoms with Crippen LogP contribution in [0.2, 0.25) is 0 Å². The lowest BCUT2D eigenvalue weighted by Crippen LogP contribution is -2.60.